The van der Waals surface area contributed by atoms with Gasteiger partial charge < -0.3 is 137 Å². The van der Waals surface area contributed by atoms with Gasteiger partial charge in [-0.1, -0.05) is 43.7 Å². The largest absolute Gasteiger partial charge is 0.387 e. The maximum absolute atomic E-state index is 12.1. The molecule has 0 radical (unpaired) electrons. The van der Waals surface area contributed by atoms with E-state index in [0.717, 1.165) is 0 Å². The Hall–Kier alpha value is -5.52. The van der Waals surface area contributed by atoms with E-state index in [9.17, 15) is 99.6 Å². The molecule has 512 valence electrons. The van der Waals surface area contributed by atoms with Crippen LogP contribution in [0.25, 0.3) is 62.7 Å². The molecule has 0 saturated carbocycles. The van der Waals surface area contributed by atoms with Crippen molar-refractivity contribution in [1.82, 2.24) is 0 Å². The van der Waals surface area contributed by atoms with E-state index in [4.69, 9.17) is 71.1 Å². The molecule has 21 aliphatic heterocycles. The van der Waals surface area contributed by atoms with Crippen LogP contribution >= 0.6 is 0 Å². The highest BCUT2D eigenvalue weighted by atomic mass is 16.8. The van der Waals surface area contributed by atoms with E-state index in [1.54, 1.807) is 0 Å². The third-order valence-electron chi connectivity index (χ3n) is 16.3. The Morgan fingerprint density at radius 2 is 0.500 bits per heavy atom. The Morgan fingerprint density at radius 1 is 0.304 bits per heavy atom. The van der Waals surface area contributed by atoms with Crippen molar-refractivity contribution < 1.29 is 137 Å². The van der Waals surface area contributed by atoms with Crippen LogP contribution in [0.15, 0.2) is 43.3 Å². The van der Waals surface area contributed by atoms with Crippen molar-refractivity contribution in [3.63, 3.8) is 0 Å². The molecule has 0 aromatic carbocycles. The van der Waals surface area contributed by atoms with E-state index in [-0.39, 0.29) is 6.42 Å². The lowest BCUT2D eigenvalue weighted by molar-refractivity contribution is -0.392. The smallest absolute Gasteiger partial charge is 0.187 e. The summed E-state index contributed by atoms with van der Waals surface area (Å²) in [6.07, 6.45) is -68.1. The third-order valence-corrected chi connectivity index (χ3v) is 16.3. The number of hydrogen-bond acceptors (Lipinski definition) is 34. The molecule has 46 heteroatoms. The van der Waals surface area contributed by atoms with Crippen LogP contribution in [0.3, 0.4) is 0 Å². The van der Waals surface area contributed by atoms with Gasteiger partial charge in [0.05, 0.1) is 88.6 Å². The summed E-state index contributed by atoms with van der Waals surface area (Å²) in [5.74, 6) is 0. The summed E-state index contributed by atoms with van der Waals surface area (Å²) in [4.78, 5) is 16.3. The normalized spacial score (nSPS) is 47.4. The van der Waals surface area contributed by atoms with E-state index in [2.05, 4.69) is 66.7 Å². The first kappa shape index (κ1) is 72.3. The molecule has 0 aromatic heterocycles. The molecule has 35 unspecified atom stereocenters. The average Bonchev–Trinajstić information content (AvgIpc) is 0.783. The lowest BCUT2D eigenvalue weighted by Gasteiger charge is -2.50. The Labute approximate surface area is 516 Å². The summed E-state index contributed by atoms with van der Waals surface area (Å²) in [6.45, 7) is 0.241. The molecule has 14 bridgehead atoms. The van der Waals surface area contributed by atoms with Gasteiger partial charge in [0.1, 0.15) is 128 Å². The minimum atomic E-state index is -2.27. The monoisotopic (exact) mass is 1320 g/mol. The molecule has 0 aliphatic carbocycles. The molecule has 0 amide bonds. The summed E-state index contributed by atoms with van der Waals surface area (Å²) in [5.41, 5.74) is 56.4. The van der Waals surface area contributed by atoms with Crippen molar-refractivity contribution in [2.75, 3.05) is 45.9 Å². The molecule has 21 fully saturated rings. The first-order valence-corrected chi connectivity index (χ1v) is 28.5. The van der Waals surface area contributed by atoms with Gasteiger partial charge in [-0.15, -0.1) is 6.58 Å². The Kier molecular flexibility index (Phi) is 26.1. The van der Waals surface area contributed by atoms with Crippen LogP contribution in [0.4, 0.5) is 0 Å². The maximum Gasteiger partial charge on any atom is 0.187 e. The van der Waals surface area contributed by atoms with Crippen molar-refractivity contribution in [2.24, 2.45) is 30.7 Å². The van der Waals surface area contributed by atoms with Gasteiger partial charge in [0.2, 0.25) is 0 Å². The molecular formula is C46H70N18O28. The molecule has 46 nitrogen and oxygen atoms in total. The predicted molar refractivity (Wildman–Crippen MR) is 287 cm³/mol. The summed E-state index contributed by atoms with van der Waals surface area (Å²) in [7, 11) is 0. The van der Waals surface area contributed by atoms with Gasteiger partial charge in [-0.2, -0.15) is 0 Å². The fraction of sp³-hybridized carbons (Fsp3) is 0.957. The van der Waals surface area contributed by atoms with Crippen LogP contribution in [0, 0.1) is 0 Å². The quantitative estimate of drug-likeness (QED) is 0.0299. The number of aliphatic hydroxyl groups excluding tert-OH is 13. The standard InChI is InChI=1S/C46H70N18O28/c1-3-5-78-39-31(77)46-85-18(11-58-64-52)38(39)92-45-30(76)24(70)36(16(84-45)9-56-62-50)90-43-28(74)22(68)35(15(82-43)8-55-61-49)89-42-27(73)21(67)33(13(81-42)6-53-59-47)87-40-25(71)19(65)32(12(4-2)79-40)86-41-26(72)20(66)34(14(80-41)7-54-60-48)88-44-29(75)23(69)37(91-46)17(83-44)10-57-63-51/h3,12-46,65-77H,1,4-11H2,2H3. The lowest BCUT2D eigenvalue weighted by Crippen LogP contribution is -2.68. The van der Waals surface area contributed by atoms with E-state index >= 15 is 0 Å². The molecule has 21 heterocycles. The molecule has 21 rings (SSSR count). The zero-order valence-corrected chi connectivity index (χ0v) is 48.1. The molecule has 0 aromatic rings. The van der Waals surface area contributed by atoms with Crippen molar-refractivity contribution in [3.8, 4) is 0 Å². The molecule has 13 N–H and O–H groups in total. The SMILES string of the molecule is C=CCOC1C(O)C2OC(CN=[N+]=[N-])C1OC1OC(CN=[N+]=[N-])C(OC3OC(CN=[N+]=[N-])C(OC4OC(CN=[N+]=[N-])C(OC5OC(CC)C(OC6OC(CN=[N+]=[N-])C(OC7OC(CN=[N+]=[N-])C(O2)C(O)C7O)C(O)C6O)C(O)C5O)C(O)C4O)C(O)C3O)C(O)C1O. The second-order valence-electron chi connectivity index (χ2n) is 21.9. The van der Waals surface area contributed by atoms with Crippen LogP contribution in [0.2, 0.25) is 0 Å². The highest BCUT2D eigenvalue weighted by molar-refractivity contribution is 5.03. The second kappa shape index (κ2) is 33.2. The number of azide groups is 6. The van der Waals surface area contributed by atoms with Gasteiger partial charge >= 0.3 is 0 Å². The van der Waals surface area contributed by atoms with E-state index in [1.165, 1.54) is 13.0 Å². The van der Waals surface area contributed by atoms with Crippen molar-refractivity contribution in [3.05, 3.63) is 75.3 Å². The van der Waals surface area contributed by atoms with Gasteiger partial charge in [0.15, 0.2) is 44.0 Å². The van der Waals surface area contributed by atoms with Gasteiger partial charge in [-0.3, -0.25) is 0 Å². The molecule has 0 spiro atoms. The van der Waals surface area contributed by atoms with Crippen LogP contribution in [0.1, 0.15) is 13.3 Å². The highest BCUT2D eigenvalue weighted by Gasteiger charge is 2.60. The fourth-order valence-electron chi connectivity index (χ4n) is 11.7. The maximum atomic E-state index is 12.1. The Morgan fingerprint density at radius 3 is 0.717 bits per heavy atom. The van der Waals surface area contributed by atoms with Crippen molar-refractivity contribution in [2.45, 2.75) is 228 Å². The third kappa shape index (κ3) is 15.9. The number of ether oxygens (including phenoxy) is 15. The Bertz CT molecular complexity index is 2750. The second-order valence-corrected chi connectivity index (χ2v) is 21.9. The number of hydrogen-bond donors (Lipinski definition) is 13. The topological polar surface area (TPSA) is 694 Å². The van der Waals surface area contributed by atoms with Gasteiger partial charge in [-0.05, 0) is 39.6 Å². The summed E-state index contributed by atoms with van der Waals surface area (Å²) < 4.78 is 89.9. The average molecular weight is 1320 g/mol. The van der Waals surface area contributed by atoms with E-state index in [0.29, 0.717) is 0 Å². The summed E-state index contributed by atoms with van der Waals surface area (Å²) >= 11 is 0. The first-order valence-electron chi connectivity index (χ1n) is 28.5. The number of nitrogens with zero attached hydrogens (tertiary/aromatic N) is 18. The minimum absolute atomic E-state index is 0.103. The first-order chi connectivity index (χ1) is 44.2. The van der Waals surface area contributed by atoms with Crippen molar-refractivity contribution in [1.29, 1.82) is 0 Å². The van der Waals surface area contributed by atoms with Gasteiger partial charge in [-0.25, -0.2) is 0 Å². The molecule has 21 aliphatic rings. The van der Waals surface area contributed by atoms with E-state index in [1.807, 2.05) is 0 Å². The highest BCUT2D eigenvalue weighted by Crippen LogP contribution is 2.40. The zero-order chi connectivity index (χ0) is 66.7. The van der Waals surface area contributed by atoms with Crippen LogP contribution in [-0.4, -0.2) is 327 Å². The molecule has 92 heavy (non-hydrogen) atoms. The lowest BCUT2D eigenvalue weighted by atomic mass is 9.94. The number of aliphatic hydroxyl groups is 13. The fourth-order valence-corrected chi connectivity index (χ4v) is 11.7. The zero-order valence-electron chi connectivity index (χ0n) is 48.1. The number of rotatable bonds is 16. The van der Waals surface area contributed by atoms with E-state index < -0.39 is 261 Å². The molecule has 35 atom stereocenters. The molecular weight excluding hydrogens is 1250 g/mol. The van der Waals surface area contributed by atoms with Gasteiger partial charge in [0, 0.05) is 29.5 Å². The summed E-state index contributed by atoms with van der Waals surface area (Å²) in [5, 5.41) is 173. The van der Waals surface area contributed by atoms with Gasteiger partial charge in [0.25, 0.3) is 0 Å². The van der Waals surface area contributed by atoms with Crippen molar-refractivity contribution >= 4 is 0 Å². The molecule has 21 saturated heterocycles. The summed E-state index contributed by atoms with van der Waals surface area (Å²) in [6, 6.07) is 0. The van der Waals surface area contributed by atoms with Crippen LogP contribution in [0.5, 0.6) is 0 Å². The van der Waals surface area contributed by atoms with Crippen LogP contribution in [-0.2, 0) is 71.1 Å². The Balaban J connectivity index is 1.17. The predicted octanol–water partition coefficient (Wildman–Crippen LogP) is -4.69. The van der Waals surface area contributed by atoms with Crippen LogP contribution < -0.4 is 0 Å². The minimum Gasteiger partial charge on any atom is -0.387 e.